The zero-order valence-corrected chi connectivity index (χ0v) is 24.5. The molecule has 5 atom stereocenters. The standard InChI is InChI=1S/C23H24N4O3S.C6H10O7/c1-26(21-10-9-20-22-18(21)3-2-4-19(22)23(24)25-20)15-16-5-7-17(8-6-16)31(28,29)27-11-13-30-14-12-27;7-1-2(8)4(5(10)11)13-6(12)3(1)9/h2-10H,11-15H2,1H3,(H2,24,25);1-4,6-9,12H,(H,10,11)/t;1-,2-,3+,4-,6+/m.0/s1. The van der Waals surface area contributed by atoms with Crippen LogP contribution in [0.15, 0.2) is 64.5 Å². The normalized spacial score (nSPS) is 25.2. The zero-order valence-electron chi connectivity index (χ0n) is 23.7. The van der Waals surface area contributed by atoms with Gasteiger partial charge in [0.05, 0.1) is 23.8 Å². The molecule has 0 amide bonds. The summed E-state index contributed by atoms with van der Waals surface area (Å²) in [6.07, 6.45) is -8.72. The summed E-state index contributed by atoms with van der Waals surface area (Å²) in [6.45, 7) is 2.31. The van der Waals surface area contributed by atoms with E-state index in [0.717, 1.165) is 33.3 Å². The Balaban J connectivity index is 0.000000249. The van der Waals surface area contributed by atoms with Gasteiger partial charge in [0, 0.05) is 48.7 Å². The van der Waals surface area contributed by atoms with Gasteiger partial charge in [0.1, 0.15) is 24.1 Å². The number of hydrogen-bond donors (Lipinski definition) is 6. The van der Waals surface area contributed by atoms with Crippen molar-refractivity contribution in [1.29, 1.82) is 0 Å². The quantitative estimate of drug-likeness (QED) is 0.207. The molecule has 0 saturated carbocycles. The fraction of sp³-hybridized carbons (Fsp3) is 0.379. The number of aliphatic hydroxyl groups excluding tert-OH is 4. The highest BCUT2D eigenvalue weighted by molar-refractivity contribution is 7.89. The first-order valence-electron chi connectivity index (χ1n) is 13.8. The summed E-state index contributed by atoms with van der Waals surface area (Å²) in [5, 5.41) is 46.5. The highest BCUT2D eigenvalue weighted by Crippen LogP contribution is 2.39. The Morgan fingerprint density at radius 1 is 1.00 bits per heavy atom. The summed E-state index contributed by atoms with van der Waals surface area (Å²) in [5.74, 6) is -0.963. The summed E-state index contributed by atoms with van der Waals surface area (Å²) >= 11 is 0. The molecule has 0 aliphatic carbocycles. The van der Waals surface area contributed by atoms with Gasteiger partial charge in [-0.1, -0.05) is 30.3 Å². The lowest BCUT2D eigenvalue weighted by molar-refractivity contribution is -0.279. The van der Waals surface area contributed by atoms with Crippen LogP contribution in [0.4, 0.5) is 11.4 Å². The van der Waals surface area contributed by atoms with Crippen molar-refractivity contribution >= 4 is 44.0 Å². The molecule has 0 spiro atoms. The number of hydrogen-bond acceptors (Lipinski definition) is 12. The number of aliphatic hydroxyl groups is 4. The van der Waals surface area contributed by atoms with Crippen LogP contribution < -0.4 is 10.6 Å². The maximum Gasteiger partial charge on any atom is 0.335 e. The van der Waals surface area contributed by atoms with Crippen LogP contribution in [0.2, 0.25) is 0 Å². The van der Waals surface area contributed by atoms with Gasteiger partial charge in [-0.2, -0.15) is 4.31 Å². The van der Waals surface area contributed by atoms with E-state index in [9.17, 15) is 13.2 Å². The minimum atomic E-state index is -3.48. The van der Waals surface area contributed by atoms with E-state index < -0.39 is 46.7 Å². The monoisotopic (exact) mass is 630 g/mol. The van der Waals surface area contributed by atoms with Crippen LogP contribution in [-0.2, 0) is 30.8 Å². The van der Waals surface area contributed by atoms with Crippen molar-refractivity contribution in [3.63, 3.8) is 0 Å². The minimum Gasteiger partial charge on any atom is -0.479 e. The van der Waals surface area contributed by atoms with Gasteiger partial charge in [0.2, 0.25) is 10.0 Å². The topological polar surface area (TPSA) is 216 Å². The van der Waals surface area contributed by atoms with Crippen molar-refractivity contribution in [3.8, 4) is 0 Å². The third kappa shape index (κ3) is 6.13. The van der Waals surface area contributed by atoms with E-state index in [1.807, 2.05) is 37.4 Å². The number of amidine groups is 1. The fourth-order valence-electron chi connectivity index (χ4n) is 5.33. The van der Waals surface area contributed by atoms with Gasteiger partial charge in [0.15, 0.2) is 12.4 Å². The first kappa shape index (κ1) is 31.7. The third-order valence-corrected chi connectivity index (χ3v) is 9.62. The predicted molar refractivity (Wildman–Crippen MR) is 159 cm³/mol. The minimum absolute atomic E-state index is 0.318. The van der Waals surface area contributed by atoms with Gasteiger partial charge >= 0.3 is 5.97 Å². The fourth-order valence-corrected chi connectivity index (χ4v) is 6.74. The van der Waals surface area contributed by atoms with E-state index in [-0.39, 0.29) is 0 Å². The number of rotatable bonds is 6. The number of aliphatic imine (C=N–C) groups is 1. The molecule has 15 heteroatoms. The van der Waals surface area contributed by atoms with Gasteiger partial charge in [-0.05, 0) is 29.8 Å². The molecule has 3 aromatic carbocycles. The number of nitrogens with zero attached hydrogens (tertiary/aromatic N) is 3. The van der Waals surface area contributed by atoms with Gasteiger partial charge in [-0.3, -0.25) is 0 Å². The molecular formula is C29H34N4O10S. The van der Waals surface area contributed by atoms with Crippen molar-refractivity contribution in [2.24, 2.45) is 10.7 Å². The van der Waals surface area contributed by atoms with Crippen molar-refractivity contribution in [3.05, 3.63) is 65.7 Å². The summed E-state index contributed by atoms with van der Waals surface area (Å²) < 4.78 is 36.7. The van der Waals surface area contributed by atoms with E-state index in [1.54, 1.807) is 12.1 Å². The molecule has 3 heterocycles. The van der Waals surface area contributed by atoms with Crippen LogP contribution in [0.3, 0.4) is 0 Å². The molecule has 2 fully saturated rings. The van der Waals surface area contributed by atoms with Gasteiger partial charge < -0.3 is 45.6 Å². The molecule has 14 nitrogen and oxygen atoms in total. The zero-order chi connectivity index (χ0) is 31.8. The third-order valence-electron chi connectivity index (χ3n) is 7.71. The second-order valence-corrected chi connectivity index (χ2v) is 12.5. The molecule has 3 aliphatic heterocycles. The summed E-state index contributed by atoms with van der Waals surface area (Å²) in [6, 6.07) is 17.3. The highest BCUT2D eigenvalue weighted by Gasteiger charge is 2.46. The van der Waals surface area contributed by atoms with Crippen molar-refractivity contribution in [1.82, 2.24) is 4.31 Å². The van der Waals surface area contributed by atoms with Gasteiger partial charge in [-0.25, -0.2) is 18.2 Å². The van der Waals surface area contributed by atoms with Crippen molar-refractivity contribution in [2.75, 3.05) is 38.3 Å². The molecule has 6 rings (SSSR count). The average molecular weight is 631 g/mol. The molecule has 236 valence electrons. The molecule has 3 aliphatic rings. The molecule has 2 saturated heterocycles. The number of nitrogens with two attached hydrogens (primary N) is 1. The molecule has 7 N–H and O–H groups in total. The van der Waals surface area contributed by atoms with E-state index in [0.29, 0.717) is 43.6 Å². The van der Waals surface area contributed by atoms with Crippen LogP contribution in [0.5, 0.6) is 0 Å². The molecule has 0 radical (unpaired) electrons. The smallest absolute Gasteiger partial charge is 0.335 e. The first-order valence-corrected chi connectivity index (χ1v) is 15.2. The number of carboxylic acids is 1. The van der Waals surface area contributed by atoms with E-state index >= 15 is 0 Å². The number of aliphatic carboxylic acids is 1. The average Bonchev–Trinajstić information content (AvgIpc) is 3.35. The first-order chi connectivity index (χ1) is 20.9. The number of anilines is 1. The van der Waals surface area contributed by atoms with E-state index in [4.69, 9.17) is 36.0 Å². The molecule has 44 heavy (non-hydrogen) atoms. The number of benzene rings is 3. The molecule has 0 aromatic heterocycles. The Bertz CT molecular complexity index is 1660. The Morgan fingerprint density at radius 2 is 1.68 bits per heavy atom. The van der Waals surface area contributed by atoms with E-state index in [2.05, 4.69) is 26.8 Å². The Labute approximate surface area is 253 Å². The van der Waals surface area contributed by atoms with Crippen LogP contribution >= 0.6 is 0 Å². The molecule has 0 bridgehead atoms. The number of carbonyl (C=O) groups is 1. The number of morpholine rings is 1. The van der Waals surface area contributed by atoms with Crippen LogP contribution in [0, 0.1) is 0 Å². The maximum atomic E-state index is 12.8. The second kappa shape index (κ2) is 12.7. The molecule has 3 aromatic rings. The SMILES string of the molecule is CN(Cc1ccc(S(=O)(=O)N2CCOCC2)cc1)c1ccc2c3c(cccc13)C(N)=N2.O=C(O)[C@H]1O[C@@H](O)[C@H](O)[C@@H](O)[C@@H]1O. The lowest BCUT2D eigenvalue weighted by atomic mass is 9.99. The van der Waals surface area contributed by atoms with Gasteiger partial charge in [-0.15, -0.1) is 0 Å². The second-order valence-electron chi connectivity index (χ2n) is 10.6. The van der Waals surface area contributed by atoms with Gasteiger partial charge in [0.25, 0.3) is 0 Å². The number of carboxylic acid groups (broad SMARTS) is 1. The maximum absolute atomic E-state index is 12.8. The Morgan fingerprint density at radius 3 is 2.34 bits per heavy atom. The largest absolute Gasteiger partial charge is 0.479 e. The Hall–Kier alpha value is -3.67. The van der Waals surface area contributed by atoms with E-state index in [1.165, 1.54) is 4.31 Å². The summed E-state index contributed by atoms with van der Waals surface area (Å²) in [5.41, 5.74) is 10.1. The lowest BCUT2D eigenvalue weighted by Gasteiger charge is -2.36. The Kier molecular flexibility index (Phi) is 9.20. The summed E-state index contributed by atoms with van der Waals surface area (Å²) in [4.78, 5) is 17.3. The molecule has 0 unspecified atom stereocenters. The highest BCUT2D eigenvalue weighted by atomic mass is 32.2. The van der Waals surface area contributed by atoms with Crippen LogP contribution in [0.25, 0.3) is 10.8 Å². The van der Waals surface area contributed by atoms with Crippen LogP contribution in [-0.4, -0.2) is 114 Å². The van der Waals surface area contributed by atoms with Crippen LogP contribution in [0.1, 0.15) is 11.1 Å². The van der Waals surface area contributed by atoms with Crippen molar-refractivity contribution < 1.29 is 48.2 Å². The number of sulfonamides is 1. The van der Waals surface area contributed by atoms with Crippen molar-refractivity contribution in [2.45, 2.75) is 42.1 Å². The number of ether oxygens (including phenoxy) is 2. The summed E-state index contributed by atoms with van der Waals surface area (Å²) in [7, 11) is -1.45. The predicted octanol–water partition coefficient (Wildman–Crippen LogP) is -0.282. The lowest BCUT2D eigenvalue weighted by Crippen LogP contribution is -2.59. The molecular weight excluding hydrogens is 596 g/mol.